The largest absolute Gasteiger partial charge is 0.298 e. The number of sulfonamides is 1. The molecule has 0 aliphatic heterocycles. The summed E-state index contributed by atoms with van der Waals surface area (Å²) in [5.74, 6) is -0.414. The van der Waals surface area contributed by atoms with E-state index in [1.807, 2.05) is 17.5 Å². The van der Waals surface area contributed by atoms with Crippen molar-refractivity contribution in [1.82, 2.24) is 14.7 Å². The molecule has 0 fully saturated rings. The van der Waals surface area contributed by atoms with Crippen LogP contribution in [0, 0.1) is 6.92 Å². The van der Waals surface area contributed by atoms with Gasteiger partial charge in [0, 0.05) is 34.4 Å². The highest BCUT2D eigenvalue weighted by Crippen LogP contribution is 2.25. The zero-order valence-corrected chi connectivity index (χ0v) is 18.2. The highest BCUT2D eigenvalue weighted by molar-refractivity contribution is 7.89. The number of pyridine rings is 1. The molecule has 1 aromatic carbocycles. The van der Waals surface area contributed by atoms with Crippen LogP contribution in [0.2, 0.25) is 0 Å². The van der Waals surface area contributed by atoms with Gasteiger partial charge in [-0.1, -0.05) is 6.07 Å². The first-order valence-corrected chi connectivity index (χ1v) is 11.2. The molecule has 9 heteroatoms. The molecule has 152 valence electrons. The van der Waals surface area contributed by atoms with Gasteiger partial charge in [-0.25, -0.2) is 18.1 Å². The van der Waals surface area contributed by atoms with Crippen molar-refractivity contribution >= 4 is 32.4 Å². The van der Waals surface area contributed by atoms with Crippen LogP contribution in [0.3, 0.4) is 0 Å². The molecule has 0 spiro atoms. The SMILES string of the molecule is Cc1ccc(S(=O)(=O)NC(C)(C)C)cc1C(=O)Nc1nc(-c2cccnc2)cs1. The molecule has 0 atom stereocenters. The van der Waals surface area contributed by atoms with E-state index >= 15 is 0 Å². The molecular weight excluding hydrogens is 408 g/mol. The Balaban J connectivity index is 1.84. The van der Waals surface area contributed by atoms with Gasteiger partial charge in [0.1, 0.15) is 0 Å². The summed E-state index contributed by atoms with van der Waals surface area (Å²) in [5.41, 5.74) is 1.87. The molecule has 1 amide bonds. The number of nitrogens with one attached hydrogen (secondary N) is 2. The number of aromatic nitrogens is 2. The predicted octanol–water partition coefficient (Wildman–Crippen LogP) is 3.84. The number of anilines is 1. The maximum absolute atomic E-state index is 12.8. The Hall–Kier alpha value is -2.62. The van der Waals surface area contributed by atoms with Gasteiger partial charge in [-0.3, -0.25) is 15.1 Å². The number of rotatable bonds is 5. The summed E-state index contributed by atoms with van der Waals surface area (Å²) in [5, 5.41) is 5.00. The first-order valence-electron chi connectivity index (χ1n) is 8.87. The molecule has 7 nitrogen and oxygen atoms in total. The Labute approximate surface area is 174 Å². The van der Waals surface area contributed by atoms with Crippen LogP contribution in [0.4, 0.5) is 5.13 Å². The standard InChI is InChI=1S/C20H22N4O3S2/c1-13-7-8-15(29(26,27)24-20(2,3)4)10-16(13)18(25)23-19-22-17(12-28-19)14-6-5-9-21-11-14/h5-12,24H,1-4H3,(H,22,23,25). The van der Waals surface area contributed by atoms with Crippen LogP contribution in [0.5, 0.6) is 0 Å². The highest BCUT2D eigenvalue weighted by atomic mass is 32.2. The molecule has 0 aliphatic carbocycles. The molecule has 0 saturated carbocycles. The second-order valence-corrected chi connectivity index (χ2v) is 10.1. The minimum atomic E-state index is -3.75. The van der Waals surface area contributed by atoms with Crippen molar-refractivity contribution in [3.05, 3.63) is 59.2 Å². The molecule has 2 aromatic heterocycles. The van der Waals surface area contributed by atoms with Gasteiger partial charge in [0.05, 0.1) is 10.6 Å². The minimum absolute atomic E-state index is 0.0402. The molecule has 2 heterocycles. The number of carbonyl (C=O) groups excluding carboxylic acids is 1. The zero-order chi connectivity index (χ0) is 21.2. The van der Waals surface area contributed by atoms with Crippen LogP contribution in [-0.2, 0) is 10.0 Å². The Morgan fingerprint density at radius 2 is 1.93 bits per heavy atom. The van der Waals surface area contributed by atoms with E-state index in [1.54, 1.807) is 46.2 Å². The first kappa shape index (κ1) is 21.1. The summed E-state index contributed by atoms with van der Waals surface area (Å²) < 4.78 is 27.8. The van der Waals surface area contributed by atoms with Gasteiger partial charge >= 0.3 is 0 Å². The number of thiazole rings is 1. The average molecular weight is 431 g/mol. The van der Waals surface area contributed by atoms with Crippen molar-refractivity contribution in [2.24, 2.45) is 0 Å². The number of benzene rings is 1. The third-order valence-electron chi connectivity index (χ3n) is 3.89. The lowest BCUT2D eigenvalue weighted by molar-refractivity contribution is 0.102. The number of hydrogen-bond donors (Lipinski definition) is 2. The third kappa shape index (κ3) is 5.26. The molecule has 29 heavy (non-hydrogen) atoms. The van der Waals surface area contributed by atoms with Gasteiger partial charge in [0.25, 0.3) is 5.91 Å². The van der Waals surface area contributed by atoms with Crippen LogP contribution in [0.25, 0.3) is 11.3 Å². The van der Waals surface area contributed by atoms with Crippen molar-refractivity contribution < 1.29 is 13.2 Å². The maximum atomic E-state index is 12.8. The van der Waals surface area contributed by atoms with Crippen molar-refractivity contribution in [3.63, 3.8) is 0 Å². The highest BCUT2D eigenvalue weighted by Gasteiger charge is 2.23. The topological polar surface area (TPSA) is 101 Å². The minimum Gasteiger partial charge on any atom is -0.298 e. The van der Waals surface area contributed by atoms with Crippen LogP contribution in [-0.4, -0.2) is 29.8 Å². The van der Waals surface area contributed by atoms with Crippen LogP contribution < -0.4 is 10.0 Å². The van der Waals surface area contributed by atoms with E-state index in [0.29, 0.717) is 16.4 Å². The number of aryl methyl sites for hydroxylation is 1. The lowest BCUT2D eigenvalue weighted by atomic mass is 10.1. The van der Waals surface area contributed by atoms with E-state index in [1.165, 1.54) is 23.5 Å². The van der Waals surface area contributed by atoms with Gasteiger partial charge in [-0.05, 0) is 57.5 Å². The quantitative estimate of drug-likeness (QED) is 0.640. The predicted molar refractivity (Wildman–Crippen MR) is 115 cm³/mol. The van der Waals surface area contributed by atoms with Crippen molar-refractivity contribution in [2.45, 2.75) is 38.1 Å². The number of hydrogen-bond acceptors (Lipinski definition) is 6. The summed E-state index contributed by atoms with van der Waals surface area (Å²) in [6.07, 6.45) is 3.37. The van der Waals surface area contributed by atoms with Crippen LogP contribution in [0.1, 0.15) is 36.7 Å². The molecular formula is C20H22N4O3S2. The third-order valence-corrected chi connectivity index (χ3v) is 6.40. The van der Waals surface area contributed by atoms with E-state index in [9.17, 15) is 13.2 Å². The summed E-state index contributed by atoms with van der Waals surface area (Å²) in [4.78, 5) is 21.3. The number of amides is 1. The molecule has 0 saturated heterocycles. The van der Waals surface area contributed by atoms with Crippen molar-refractivity contribution in [2.75, 3.05) is 5.32 Å². The smallest absolute Gasteiger partial charge is 0.257 e. The summed E-state index contributed by atoms with van der Waals surface area (Å²) in [7, 11) is -3.75. The molecule has 3 aromatic rings. The van der Waals surface area contributed by atoms with E-state index in [-0.39, 0.29) is 10.5 Å². The van der Waals surface area contributed by atoms with Gasteiger partial charge < -0.3 is 0 Å². The molecule has 0 bridgehead atoms. The second kappa shape index (κ2) is 8.02. The Morgan fingerprint density at radius 1 is 1.17 bits per heavy atom. The van der Waals surface area contributed by atoms with E-state index in [0.717, 1.165) is 5.56 Å². The normalized spacial score (nSPS) is 12.0. The first-order chi connectivity index (χ1) is 13.5. The molecule has 0 aliphatic rings. The maximum Gasteiger partial charge on any atom is 0.257 e. The summed E-state index contributed by atoms with van der Waals surface area (Å²) in [6, 6.07) is 8.19. The van der Waals surface area contributed by atoms with Gasteiger partial charge in [-0.15, -0.1) is 11.3 Å². The summed E-state index contributed by atoms with van der Waals surface area (Å²) in [6.45, 7) is 7.03. The number of carbonyl (C=O) groups is 1. The van der Waals surface area contributed by atoms with Crippen LogP contribution in [0.15, 0.2) is 53.0 Å². The second-order valence-electron chi connectivity index (χ2n) is 7.57. The molecule has 0 radical (unpaired) electrons. The lowest BCUT2D eigenvalue weighted by Gasteiger charge is -2.20. The Morgan fingerprint density at radius 3 is 2.59 bits per heavy atom. The fraction of sp³-hybridized carbons (Fsp3) is 0.250. The fourth-order valence-electron chi connectivity index (χ4n) is 2.62. The molecule has 0 unspecified atom stereocenters. The molecule has 3 rings (SSSR count). The van der Waals surface area contributed by atoms with E-state index in [2.05, 4.69) is 20.0 Å². The van der Waals surface area contributed by atoms with E-state index in [4.69, 9.17) is 0 Å². The monoisotopic (exact) mass is 430 g/mol. The zero-order valence-electron chi connectivity index (χ0n) is 16.6. The van der Waals surface area contributed by atoms with E-state index < -0.39 is 21.5 Å². The fourth-order valence-corrected chi connectivity index (χ4v) is 4.78. The van der Waals surface area contributed by atoms with Crippen molar-refractivity contribution in [3.8, 4) is 11.3 Å². The van der Waals surface area contributed by atoms with Gasteiger partial charge in [0.2, 0.25) is 10.0 Å². The Kier molecular flexibility index (Phi) is 5.83. The average Bonchev–Trinajstić information content (AvgIpc) is 3.09. The summed E-state index contributed by atoms with van der Waals surface area (Å²) >= 11 is 1.29. The van der Waals surface area contributed by atoms with Crippen LogP contribution >= 0.6 is 11.3 Å². The van der Waals surface area contributed by atoms with Gasteiger partial charge in [-0.2, -0.15) is 0 Å². The lowest BCUT2D eigenvalue weighted by Crippen LogP contribution is -2.40. The molecule has 2 N–H and O–H groups in total. The van der Waals surface area contributed by atoms with Gasteiger partial charge in [0.15, 0.2) is 5.13 Å². The number of nitrogens with zero attached hydrogens (tertiary/aromatic N) is 2. The van der Waals surface area contributed by atoms with Crippen molar-refractivity contribution in [1.29, 1.82) is 0 Å². The Bertz CT molecular complexity index is 1130.